The van der Waals surface area contributed by atoms with E-state index in [-0.39, 0.29) is 30.6 Å². The summed E-state index contributed by atoms with van der Waals surface area (Å²) in [4.78, 5) is 26.3. The van der Waals surface area contributed by atoms with Crippen molar-refractivity contribution in [2.24, 2.45) is 5.92 Å². The van der Waals surface area contributed by atoms with Gasteiger partial charge in [0, 0.05) is 44.1 Å². The van der Waals surface area contributed by atoms with Gasteiger partial charge in [-0.25, -0.2) is 4.98 Å². The van der Waals surface area contributed by atoms with Crippen molar-refractivity contribution in [3.63, 3.8) is 0 Å². The quantitative estimate of drug-likeness (QED) is 0.519. The summed E-state index contributed by atoms with van der Waals surface area (Å²) in [5.74, 6) is 0.188. The summed E-state index contributed by atoms with van der Waals surface area (Å²) in [5, 5.41) is 9.88. The summed E-state index contributed by atoms with van der Waals surface area (Å²) in [5.41, 5.74) is 3.41. The molecule has 7 nitrogen and oxygen atoms in total. The zero-order valence-corrected chi connectivity index (χ0v) is 21.1. The number of nitrogens with zero attached hydrogens (tertiary/aromatic N) is 4. The molecule has 1 N–H and O–H groups in total. The first-order valence-corrected chi connectivity index (χ1v) is 12.3. The molecule has 0 aliphatic carbocycles. The molecule has 0 spiro atoms. The van der Waals surface area contributed by atoms with E-state index in [1.54, 1.807) is 17.3 Å². The van der Waals surface area contributed by atoms with Gasteiger partial charge in [-0.15, -0.1) is 0 Å². The number of rotatable bonds is 8. The van der Waals surface area contributed by atoms with Crippen LogP contribution in [0.15, 0.2) is 67.1 Å². The Morgan fingerprint density at radius 1 is 1.17 bits per heavy atom. The van der Waals surface area contributed by atoms with Gasteiger partial charge in [-0.05, 0) is 42.8 Å². The lowest BCUT2D eigenvalue weighted by atomic mass is 9.99. The van der Waals surface area contributed by atoms with Gasteiger partial charge >= 0.3 is 0 Å². The summed E-state index contributed by atoms with van der Waals surface area (Å²) in [7, 11) is 2.05. The number of fused-ring (bicyclic) bond motifs is 1. The van der Waals surface area contributed by atoms with Crippen LogP contribution in [-0.4, -0.2) is 69.7 Å². The Morgan fingerprint density at radius 3 is 2.67 bits per heavy atom. The molecule has 0 unspecified atom stereocenters. The molecule has 1 amide bonds. The van der Waals surface area contributed by atoms with Crippen LogP contribution in [0.4, 0.5) is 0 Å². The number of likely N-dealkylation sites (N-methyl/N-ethyl adjacent to an activating group) is 1. The van der Waals surface area contributed by atoms with Crippen LogP contribution in [0.25, 0.3) is 12.2 Å². The highest BCUT2D eigenvalue weighted by atomic mass is 16.5. The summed E-state index contributed by atoms with van der Waals surface area (Å²) < 4.78 is 6.40. The van der Waals surface area contributed by atoms with Crippen LogP contribution in [0.1, 0.15) is 40.9 Å². The lowest BCUT2D eigenvalue weighted by molar-refractivity contribution is 0.0325. The molecular weight excluding hydrogens is 452 g/mol. The zero-order valence-electron chi connectivity index (χ0n) is 21.1. The number of hydrogen-bond acceptors (Lipinski definition) is 6. The van der Waals surface area contributed by atoms with E-state index in [1.165, 1.54) is 0 Å². The molecule has 0 saturated heterocycles. The molecule has 36 heavy (non-hydrogen) atoms. The molecule has 1 aliphatic heterocycles. The Balaban J connectivity index is 1.61. The van der Waals surface area contributed by atoms with Crippen molar-refractivity contribution in [1.29, 1.82) is 0 Å². The van der Waals surface area contributed by atoms with Crippen molar-refractivity contribution in [1.82, 2.24) is 19.8 Å². The largest absolute Gasteiger partial charge is 0.472 e. The zero-order chi connectivity index (χ0) is 25.5. The maximum atomic E-state index is 13.6. The number of hydrogen-bond donors (Lipinski definition) is 1. The van der Waals surface area contributed by atoms with Crippen LogP contribution in [0.3, 0.4) is 0 Å². The minimum atomic E-state index is -0.316. The number of aromatic nitrogens is 2. The van der Waals surface area contributed by atoms with Gasteiger partial charge in [0.25, 0.3) is 5.91 Å². The van der Waals surface area contributed by atoms with Crippen molar-refractivity contribution < 1.29 is 14.6 Å². The minimum absolute atomic E-state index is 0.0342. The smallest absolute Gasteiger partial charge is 0.259 e. The molecular formula is C29H34N4O3. The second kappa shape index (κ2) is 11.9. The van der Waals surface area contributed by atoms with Crippen molar-refractivity contribution >= 4 is 18.1 Å². The molecule has 0 bridgehead atoms. The molecule has 0 saturated carbocycles. The summed E-state index contributed by atoms with van der Waals surface area (Å²) >= 11 is 0. The fraction of sp³-hybridized carbons (Fsp3) is 0.345. The van der Waals surface area contributed by atoms with Crippen LogP contribution in [0.2, 0.25) is 0 Å². The normalized spacial score (nSPS) is 19.0. The molecule has 0 fully saturated rings. The van der Waals surface area contributed by atoms with Crippen LogP contribution < -0.4 is 4.74 Å². The molecule has 3 atom stereocenters. The van der Waals surface area contributed by atoms with Crippen LogP contribution in [0.5, 0.6) is 5.88 Å². The molecule has 0 radical (unpaired) electrons. The van der Waals surface area contributed by atoms with E-state index in [4.69, 9.17) is 4.74 Å². The highest BCUT2D eigenvalue weighted by molar-refractivity contribution is 5.97. The van der Waals surface area contributed by atoms with E-state index < -0.39 is 0 Å². The van der Waals surface area contributed by atoms with Crippen LogP contribution in [0, 0.1) is 5.92 Å². The average Bonchev–Trinajstić information content (AvgIpc) is 2.90. The number of amides is 1. The highest BCUT2D eigenvalue weighted by Gasteiger charge is 2.34. The highest BCUT2D eigenvalue weighted by Crippen LogP contribution is 2.28. The minimum Gasteiger partial charge on any atom is -0.472 e. The Bertz CT molecular complexity index is 1170. The molecule has 3 heterocycles. The number of aliphatic hydroxyl groups excluding tert-OH is 1. The molecule has 7 heteroatoms. The topological polar surface area (TPSA) is 78.8 Å². The SMILES string of the molecule is C[C@@H]1CN([C@H](C)CO)C(=O)c2cc(/C=C/c3ccccc3)cnc2O[C@@H]1CN(C)Cc1cccnc1. The lowest BCUT2D eigenvalue weighted by Gasteiger charge is -2.37. The van der Waals surface area contributed by atoms with Gasteiger partial charge in [-0.1, -0.05) is 55.5 Å². The molecule has 1 aromatic carbocycles. The Labute approximate surface area is 213 Å². The molecule has 3 aromatic rings. The maximum Gasteiger partial charge on any atom is 0.259 e. The van der Waals surface area contributed by atoms with E-state index in [0.29, 0.717) is 24.5 Å². The fourth-order valence-corrected chi connectivity index (χ4v) is 4.36. The molecule has 4 rings (SSSR count). The maximum absolute atomic E-state index is 13.6. The number of carbonyl (C=O) groups excluding carboxylic acids is 1. The Hall–Kier alpha value is -3.55. The standard InChI is InChI=1S/C29H34N4O3/c1-21-17-33(22(2)20-34)29(35)26-14-24(12-11-23-8-5-4-6-9-23)16-31-28(26)36-27(21)19-32(3)18-25-10-7-13-30-15-25/h4-16,21-22,27,34H,17-20H2,1-3H3/b12-11+/t21-,22-,27-/m1/s1. The monoisotopic (exact) mass is 486 g/mol. The third kappa shape index (κ3) is 6.36. The summed E-state index contributed by atoms with van der Waals surface area (Å²) in [6.07, 6.45) is 9.10. The van der Waals surface area contributed by atoms with Gasteiger partial charge < -0.3 is 14.7 Å². The second-order valence-electron chi connectivity index (χ2n) is 9.55. The predicted octanol–water partition coefficient (Wildman–Crippen LogP) is 4.00. The van der Waals surface area contributed by atoms with Gasteiger partial charge in [-0.3, -0.25) is 14.7 Å². The molecule has 2 aromatic heterocycles. The first-order chi connectivity index (χ1) is 17.4. The fourth-order valence-electron chi connectivity index (χ4n) is 4.36. The first kappa shape index (κ1) is 25.5. The van der Waals surface area contributed by atoms with Gasteiger partial charge in [0.2, 0.25) is 5.88 Å². The van der Waals surface area contributed by atoms with E-state index in [0.717, 1.165) is 23.2 Å². The van der Waals surface area contributed by atoms with Crippen molar-refractivity contribution in [3.8, 4) is 5.88 Å². The van der Waals surface area contributed by atoms with Crippen molar-refractivity contribution in [2.45, 2.75) is 32.5 Å². The number of carbonyl (C=O) groups is 1. The predicted molar refractivity (Wildman–Crippen MR) is 141 cm³/mol. The van der Waals surface area contributed by atoms with Gasteiger partial charge in [-0.2, -0.15) is 0 Å². The van der Waals surface area contributed by atoms with Crippen molar-refractivity contribution in [2.75, 3.05) is 26.7 Å². The van der Waals surface area contributed by atoms with Gasteiger partial charge in [0.05, 0.1) is 12.6 Å². The van der Waals surface area contributed by atoms with E-state index in [1.807, 2.05) is 74.8 Å². The number of benzene rings is 1. The number of aliphatic hydroxyl groups is 1. The number of pyridine rings is 2. The van der Waals surface area contributed by atoms with E-state index in [9.17, 15) is 9.90 Å². The Kier molecular flexibility index (Phi) is 8.46. The van der Waals surface area contributed by atoms with Gasteiger partial charge in [0.1, 0.15) is 11.7 Å². The third-order valence-electron chi connectivity index (χ3n) is 6.48. The van der Waals surface area contributed by atoms with E-state index >= 15 is 0 Å². The van der Waals surface area contributed by atoms with Gasteiger partial charge in [0.15, 0.2) is 0 Å². The number of ether oxygens (including phenoxy) is 1. The first-order valence-electron chi connectivity index (χ1n) is 12.3. The van der Waals surface area contributed by atoms with Crippen LogP contribution in [-0.2, 0) is 6.54 Å². The second-order valence-corrected chi connectivity index (χ2v) is 9.55. The summed E-state index contributed by atoms with van der Waals surface area (Å²) in [6.45, 7) is 5.70. The van der Waals surface area contributed by atoms with Crippen LogP contribution >= 0.6 is 0 Å². The molecule has 188 valence electrons. The van der Waals surface area contributed by atoms with Crippen molar-refractivity contribution in [3.05, 3.63) is 89.4 Å². The summed E-state index contributed by atoms with van der Waals surface area (Å²) in [6, 6.07) is 15.5. The third-order valence-corrected chi connectivity index (χ3v) is 6.48. The lowest BCUT2D eigenvalue weighted by Crippen LogP contribution is -2.49. The van der Waals surface area contributed by atoms with E-state index in [2.05, 4.69) is 27.9 Å². The average molecular weight is 487 g/mol. The molecule has 1 aliphatic rings. The Morgan fingerprint density at radius 2 is 1.94 bits per heavy atom.